The quantitative estimate of drug-likeness (QED) is 0.679. The van der Waals surface area contributed by atoms with Gasteiger partial charge in [-0.2, -0.15) is 5.10 Å². The van der Waals surface area contributed by atoms with Crippen molar-refractivity contribution in [2.75, 3.05) is 13.7 Å². The molecule has 6 heteroatoms. The molecule has 0 radical (unpaired) electrons. The number of aryl methyl sites for hydroxylation is 1. The summed E-state index contributed by atoms with van der Waals surface area (Å²) in [6.07, 6.45) is 3.74. The molecular weight excluding hydrogens is 352 g/mol. The molecule has 6 nitrogen and oxygen atoms in total. The number of nitrogens with zero attached hydrogens (tertiary/aromatic N) is 4. The van der Waals surface area contributed by atoms with E-state index in [9.17, 15) is 4.79 Å². The van der Waals surface area contributed by atoms with Crippen LogP contribution in [-0.2, 0) is 0 Å². The molecule has 1 fully saturated rings. The Labute approximate surface area is 165 Å². The molecule has 1 aliphatic heterocycles. The Morgan fingerprint density at radius 3 is 2.68 bits per heavy atom. The molecule has 146 valence electrons. The van der Waals surface area contributed by atoms with Gasteiger partial charge in [-0.1, -0.05) is 12.1 Å². The average Bonchev–Trinajstić information content (AvgIpc) is 3.34. The molecule has 0 spiro atoms. The number of methoxy groups -OCH3 is 1. The van der Waals surface area contributed by atoms with Crippen molar-refractivity contribution in [2.24, 2.45) is 0 Å². The molecule has 1 unspecified atom stereocenters. The van der Waals surface area contributed by atoms with Gasteiger partial charge in [-0.15, -0.1) is 0 Å². The van der Waals surface area contributed by atoms with E-state index in [4.69, 9.17) is 4.74 Å². The predicted octanol–water partition coefficient (Wildman–Crippen LogP) is 4.31. The van der Waals surface area contributed by atoms with E-state index in [-0.39, 0.29) is 18.0 Å². The van der Waals surface area contributed by atoms with Crippen molar-refractivity contribution in [3.8, 4) is 5.75 Å². The van der Waals surface area contributed by atoms with Crippen LogP contribution in [0, 0.1) is 6.92 Å². The zero-order valence-electron chi connectivity index (χ0n) is 16.8. The molecular formula is C22H26N4O2. The second kappa shape index (κ2) is 7.26. The van der Waals surface area contributed by atoms with E-state index in [0.717, 1.165) is 47.4 Å². The number of carbonyl (C=O) groups is 1. The second-order valence-electron chi connectivity index (χ2n) is 7.66. The molecule has 1 atom stereocenters. The molecule has 2 aromatic heterocycles. The summed E-state index contributed by atoms with van der Waals surface area (Å²) in [6, 6.07) is 10.2. The van der Waals surface area contributed by atoms with Crippen molar-refractivity contribution in [1.29, 1.82) is 0 Å². The number of ether oxygens (including phenoxy) is 1. The first-order valence-corrected chi connectivity index (χ1v) is 9.79. The summed E-state index contributed by atoms with van der Waals surface area (Å²) in [6.45, 7) is 6.83. The van der Waals surface area contributed by atoms with Gasteiger partial charge in [0.1, 0.15) is 5.75 Å². The lowest BCUT2D eigenvalue weighted by Crippen LogP contribution is -2.30. The van der Waals surface area contributed by atoms with Gasteiger partial charge in [-0.3, -0.25) is 4.79 Å². The smallest absolute Gasteiger partial charge is 0.255 e. The molecule has 0 bridgehead atoms. The Hall–Kier alpha value is -2.89. The number of hydrogen-bond acceptors (Lipinski definition) is 4. The molecule has 1 saturated heterocycles. The van der Waals surface area contributed by atoms with Gasteiger partial charge in [0.25, 0.3) is 5.91 Å². The van der Waals surface area contributed by atoms with Crippen LogP contribution in [0.3, 0.4) is 0 Å². The fourth-order valence-electron chi connectivity index (χ4n) is 4.04. The van der Waals surface area contributed by atoms with Crippen LogP contribution < -0.4 is 4.74 Å². The van der Waals surface area contributed by atoms with Gasteiger partial charge < -0.3 is 9.64 Å². The van der Waals surface area contributed by atoms with Gasteiger partial charge in [0.15, 0.2) is 5.65 Å². The number of fused-ring (bicyclic) bond motifs is 1. The van der Waals surface area contributed by atoms with Gasteiger partial charge in [-0.05, 0) is 57.4 Å². The van der Waals surface area contributed by atoms with E-state index in [1.54, 1.807) is 13.3 Å². The third-order valence-corrected chi connectivity index (χ3v) is 5.43. The monoisotopic (exact) mass is 378 g/mol. The van der Waals surface area contributed by atoms with Crippen molar-refractivity contribution in [3.05, 3.63) is 53.3 Å². The first-order valence-electron chi connectivity index (χ1n) is 9.79. The van der Waals surface area contributed by atoms with Crippen LogP contribution in [0.4, 0.5) is 0 Å². The van der Waals surface area contributed by atoms with E-state index in [0.29, 0.717) is 5.56 Å². The summed E-state index contributed by atoms with van der Waals surface area (Å²) < 4.78 is 7.14. The first-order chi connectivity index (χ1) is 13.5. The van der Waals surface area contributed by atoms with E-state index in [1.807, 2.05) is 34.7 Å². The maximum Gasteiger partial charge on any atom is 0.255 e. The number of aromatic nitrogens is 3. The molecule has 0 saturated carbocycles. The van der Waals surface area contributed by atoms with Gasteiger partial charge in [-0.25, -0.2) is 9.67 Å². The van der Waals surface area contributed by atoms with Crippen LogP contribution in [0.5, 0.6) is 5.75 Å². The molecule has 1 aromatic carbocycles. The zero-order valence-corrected chi connectivity index (χ0v) is 16.8. The maximum atomic E-state index is 13.5. The van der Waals surface area contributed by atoms with Crippen LogP contribution >= 0.6 is 0 Å². The highest BCUT2D eigenvalue weighted by Gasteiger charge is 2.32. The van der Waals surface area contributed by atoms with Gasteiger partial charge in [0.05, 0.1) is 30.3 Å². The average molecular weight is 378 g/mol. The van der Waals surface area contributed by atoms with Gasteiger partial charge >= 0.3 is 0 Å². The Morgan fingerprint density at radius 1 is 1.25 bits per heavy atom. The molecule has 1 amide bonds. The minimum Gasteiger partial charge on any atom is -0.497 e. The topological polar surface area (TPSA) is 60.2 Å². The van der Waals surface area contributed by atoms with Crippen molar-refractivity contribution in [3.63, 3.8) is 0 Å². The standard InChI is InChI=1S/C22H26N4O2/c1-14(2)26-21-19(13-23-26)18(12-15(3)24-21)22(27)25-11-5-6-20(25)16-7-9-17(28-4)10-8-16/h7-10,12-14,20H,5-6,11H2,1-4H3. The second-order valence-corrected chi connectivity index (χ2v) is 7.66. The van der Waals surface area contributed by atoms with Crippen LogP contribution in [0.15, 0.2) is 36.5 Å². The number of carbonyl (C=O) groups excluding carboxylic acids is 1. The van der Waals surface area contributed by atoms with Gasteiger partial charge in [0, 0.05) is 18.3 Å². The lowest BCUT2D eigenvalue weighted by molar-refractivity contribution is 0.0737. The zero-order chi connectivity index (χ0) is 19.8. The number of hydrogen-bond donors (Lipinski definition) is 0. The molecule has 28 heavy (non-hydrogen) atoms. The van der Waals surface area contributed by atoms with E-state index in [2.05, 4.69) is 36.1 Å². The highest BCUT2D eigenvalue weighted by atomic mass is 16.5. The third kappa shape index (κ3) is 3.13. The lowest BCUT2D eigenvalue weighted by Gasteiger charge is -2.25. The van der Waals surface area contributed by atoms with Crippen LogP contribution in [0.2, 0.25) is 0 Å². The summed E-state index contributed by atoms with van der Waals surface area (Å²) in [5.41, 5.74) is 3.44. The molecule has 0 N–H and O–H groups in total. The van der Waals surface area contributed by atoms with Crippen LogP contribution in [0.1, 0.15) is 60.4 Å². The number of pyridine rings is 1. The normalized spacial score (nSPS) is 16.9. The van der Waals surface area contributed by atoms with E-state index in [1.165, 1.54) is 0 Å². The van der Waals surface area contributed by atoms with Crippen molar-refractivity contribution in [2.45, 2.75) is 45.7 Å². The fourth-order valence-corrected chi connectivity index (χ4v) is 4.04. The summed E-state index contributed by atoms with van der Waals surface area (Å²) >= 11 is 0. The Balaban J connectivity index is 1.72. The number of likely N-dealkylation sites (tertiary alicyclic amines) is 1. The minimum atomic E-state index is 0.0529. The summed E-state index contributed by atoms with van der Waals surface area (Å²) in [5, 5.41) is 5.30. The minimum absolute atomic E-state index is 0.0529. The van der Waals surface area contributed by atoms with Crippen molar-refractivity contribution in [1.82, 2.24) is 19.7 Å². The number of benzene rings is 1. The Kier molecular flexibility index (Phi) is 4.79. The molecule has 3 aromatic rings. The molecule has 0 aliphatic carbocycles. The molecule has 3 heterocycles. The predicted molar refractivity (Wildman–Crippen MR) is 109 cm³/mol. The summed E-state index contributed by atoms with van der Waals surface area (Å²) in [4.78, 5) is 20.2. The maximum absolute atomic E-state index is 13.5. The fraction of sp³-hybridized carbons (Fsp3) is 0.409. The Morgan fingerprint density at radius 2 is 2.00 bits per heavy atom. The van der Waals surface area contributed by atoms with Crippen molar-refractivity contribution >= 4 is 16.9 Å². The molecule has 1 aliphatic rings. The van der Waals surface area contributed by atoms with Crippen LogP contribution in [-0.4, -0.2) is 39.2 Å². The summed E-state index contributed by atoms with van der Waals surface area (Å²) in [5.74, 6) is 0.879. The van der Waals surface area contributed by atoms with Crippen LogP contribution in [0.25, 0.3) is 11.0 Å². The number of amides is 1. The number of rotatable bonds is 4. The van der Waals surface area contributed by atoms with Gasteiger partial charge in [0.2, 0.25) is 0 Å². The molecule has 4 rings (SSSR count). The SMILES string of the molecule is COc1ccc(C2CCCN2C(=O)c2cc(C)nc3c2cnn3C(C)C)cc1. The Bertz CT molecular complexity index is 1010. The lowest BCUT2D eigenvalue weighted by atomic mass is 10.0. The summed E-state index contributed by atoms with van der Waals surface area (Å²) in [7, 11) is 1.66. The highest BCUT2D eigenvalue weighted by Crippen LogP contribution is 2.35. The largest absolute Gasteiger partial charge is 0.497 e. The first kappa shape index (κ1) is 18.5. The third-order valence-electron chi connectivity index (χ3n) is 5.43. The van der Waals surface area contributed by atoms with E-state index < -0.39 is 0 Å². The highest BCUT2D eigenvalue weighted by molar-refractivity contribution is 6.05. The van der Waals surface area contributed by atoms with Crippen molar-refractivity contribution < 1.29 is 9.53 Å². The van der Waals surface area contributed by atoms with E-state index >= 15 is 0 Å².